The third-order valence-corrected chi connectivity index (χ3v) is 12.9. The van der Waals surface area contributed by atoms with Crippen molar-refractivity contribution >= 4 is 74.6 Å². The van der Waals surface area contributed by atoms with E-state index in [2.05, 4.69) is 125 Å². The summed E-state index contributed by atoms with van der Waals surface area (Å²) in [5.41, 5.74) is 6.33. The zero-order chi connectivity index (χ0) is 48.5. The standard InChI is InChI=1S/C26H35N7O.C25H34N8O.CH4/c1-6-22(34)15-18-7-9-19(10-8-18)28-24-23-25(33(16-27-23)17(2)3)31-26(30-24)29-20-11-13-21(14-12-20)32(4)5;1-6-21(34)27-18-8-7-9-19(14-18)28-23-22-24(33(15-26-22)16(2)3)31-25(30-23)29-17-10-12-20(13-11-17)32(4)5;/h6-10,16-17,20-21H,1,11-15H2,2-5H3,(H2,28,29,30,31);6-9,14-17,20H,1,10-13H2,2-5H3,(H,27,34)(H2,28,29,30,31);1H4. The number of anilines is 7. The van der Waals surface area contributed by atoms with Crippen LogP contribution in [0.3, 0.4) is 0 Å². The lowest BCUT2D eigenvalue weighted by atomic mass is 9.91. The number of ketones is 1. The molecule has 17 heteroatoms. The van der Waals surface area contributed by atoms with Crippen molar-refractivity contribution in [1.82, 2.24) is 48.8 Å². The summed E-state index contributed by atoms with van der Waals surface area (Å²) < 4.78 is 4.12. The van der Waals surface area contributed by atoms with Gasteiger partial charge in [0.1, 0.15) is 0 Å². The Labute approximate surface area is 407 Å². The van der Waals surface area contributed by atoms with Crippen molar-refractivity contribution in [2.45, 2.75) is 129 Å². The van der Waals surface area contributed by atoms with Crippen LogP contribution in [0.4, 0.5) is 40.6 Å². The first kappa shape index (κ1) is 51.7. The van der Waals surface area contributed by atoms with Gasteiger partial charge in [0.25, 0.3) is 0 Å². The van der Waals surface area contributed by atoms with Gasteiger partial charge in [-0.05, 0) is 155 Å². The molecule has 5 N–H and O–H groups in total. The molecule has 0 aliphatic heterocycles. The van der Waals surface area contributed by atoms with Gasteiger partial charge in [0.05, 0.1) is 12.7 Å². The van der Waals surface area contributed by atoms with Crippen LogP contribution in [-0.2, 0) is 16.0 Å². The summed E-state index contributed by atoms with van der Waals surface area (Å²) in [6, 6.07) is 17.7. The van der Waals surface area contributed by atoms with Gasteiger partial charge >= 0.3 is 0 Å². The summed E-state index contributed by atoms with van der Waals surface area (Å²) in [4.78, 5) is 56.5. The second-order valence-electron chi connectivity index (χ2n) is 18.9. The van der Waals surface area contributed by atoms with E-state index >= 15 is 0 Å². The molecule has 0 bridgehead atoms. The zero-order valence-electron chi connectivity index (χ0n) is 41.0. The first-order valence-electron chi connectivity index (χ1n) is 23.8. The van der Waals surface area contributed by atoms with E-state index in [0.717, 1.165) is 72.3 Å². The number of carbonyl (C=O) groups excluding carboxylic acids is 2. The van der Waals surface area contributed by atoms with Gasteiger partial charge in [0.15, 0.2) is 39.7 Å². The first-order chi connectivity index (χ1) is 32.7. The van der Waals surface area contributed by atoms with E-state index in [0.29, 0.717) is 65.3 Å². The number of nitrogens with zero attached hydrogens (tertiary/aromatic N) is 10. The number of allylic oxidation sites excluding steroid dienone is 1. The molecule has 0 atom stereocenters. The van der Waals surface area contributed by atoms with Crippen molar-refractivity contribution in [3.8, 4) is 0 Å². The Morgan fingerprint density at radius 3 is 1.55 bits per heavy atom. The summed E-state index contributed by atoms with van der Waals surface area (Å²) >= 11 is 0. The predicted molar refractivity (Wildman–Crippen MR) is 282 cm³/mol. The molecule has 2 fully saturated rings. The van der Waals surface area contributed by atoms with Crippen molar-refractivity contribution in [2.75, 3.05) is 54.8 Å². The third-order valence-electron chi connectivity index (χ3n) is 12.9. The molecule has 69 heavy (non-hydrogen) atoms. The topological polar surface area (TPSA) is 188 Å². The molecule has 2 aliphatic rings. The average Bonchev–Trinajstić information content (AvgIpc) is 3.96. The molecule has 17 nitrogen and oxygen atoms in total. The van der Waals surface area contributed by atoms with Crippen LogP contribution in [0.25, 0.3) is 22.3 Å². The largest absolute Gasteiger partial charge is 0.351 e. The van der Waals surface area contributed by atoms with Crippen molar-refractivity contribution in [1.29, 1.82) is 0 Å². The van der Waals surface area contributed by atoms with Crippen molar-refractivity contribution in [3.63, 3.8) is 0 Å². The fraction of sp³-hybridized carbons (Fsp3) is 0.462. The highest BCUT2D eigenvalue weighted by atomic mass is 16.1. The molecule has 0 unspecified atom stereocenters. The molecule has 1 amide bonds. The average molecular weight is 940 g/mol. The molecule has 8 rings (SSSR count). The smallest absolute Gasteiger partial charge is 0.247 e. The molecule has 0 radical (unpaired) electrons. The van der Waals surface area contributed by atoms with Crippen LogP contribution in [0.1, 0.15) is 104 Å². The lowest BCUT2D eigenvalue weighted by Crippen LogP contribution is -2.36. The van der Waals surface area contributed by atoms with Crippen molar-refractivity contribution in [3.05, 3.63) is 92.1 Å². The molecule has 2 aromatic carbocycles. The van der Waals surface area contributed by atoms with E-state index in [1.807, 2.05) is 61.2 Å². The Morgan fingerprint density at radius 2 is 1.12 bits per heavy atom. The predicted octanol–water partition coefficient (Wildman–Crippen LogP) is 9.93. The molecule has 6 aromatic rings. The van der Waals surface area contributed by atoms with Crippen LogP contribution in [0.5, 0.6) is 0 Å². The molecule has 4 aromatic heterocycles. The Balaban J connectivity index is 0.000000224. The highest BCUT2D eigenvalue weighted by Gasteiger charge is 2.26. The summed E-state index contributed by atoms with van der Waals surface area (Å²) in [6.45, 7) is 15.5. The van der Waals surface area contributed by atoms with Crippen LogP contribution in [0.15, 0.2) is 86.5 Å². The molecule has 0 saturated heterocycles. The monoisotopic (exact) mass is 940 g/mol. The quantitative estimate of drug-likeness (QED) is 0.0544. The van der Waals surface area contributed by atoms with Crippen LogP contribution >= 0.6 is 0 Å². The van der Waals surface area contributed by atoms with Crippen molar-refractivity contribution in [2.24, 2.45) is 0 Å². The fourth-order valence-electron chi connectivity index (χ4n) is 8.85. The number of aromatic nitrogens is 8. The Morgan fingerprint density at radius 1 is 0.652 bits per heavy atom. The summed E-state index contributed by atoms with van der Waals surface area (Å²) in [5.74, 6) is 2.27. The van der Waals surface area contributed by atoms with Gasteiger partial charge in [0, 0.05) is 59.7 Å². The van der Waals surface area contributed by atoms with Gasteiger partial charge in [0.2, 0.25) is 17.8 Å². The number of hydrogen-bond donors (Lipinski definition) is 5. The number of carbonyl (C=O) groups is 2. The molecule has 2 aliphatic carbocycles. The van der Waals surface area contributed by atoms with E-state index in [1.54, 1.807) is 0 Å². The third kappa shape index (κ3) is 13.3. The molecule has 2 saturated carbocycles. The molecule has 368 valence electrons. The minimum atomic E-state index is -0.257. The molecule has 0 spiro atoms. The van der Waals surface area contributed by atoms with Gasteiger partial charge < -0.3 is 45.5 Å². The Hall–Kier alpha value is -6.72. The maximum absolute atomic E-state index is 11.7. The maximum atomic E-state index is 11.7. The number of hydrogen-bond acceptors (Lipinski definition) is 14. The highest BCUT2D eigenvalue weighted by molar-refractivity contribution is 5.99. The number of benzene rings is 2. The van der Waals surface area contributed by atoms with E-state index in [1.165, 1.54) is 25.0 Å². The van der Waals surface area contributed by atoms with Gasteiger partial charge in [-0.15, -0.1) is 0 Å². The number of amides is 1. The number of rotatable bonds is 17. The maximum Gasteiger partial charge on any atom is 0.247 e. The minimum Gasteiger partial charge on any atom is -0.351 e. The molecular formula is C52H73N15O2. The summed E-state index contributed by atoms with van der Waals surface area (Å²) in [6.07, 6.45) is 15.6. The molecule has 4 heterocycles. The van der Waals surface area contributed by atoms with E-state index in [-0.39, 0.29) is 31.2 Å². The van der Waals surface area contributed by atoms with Gasteiger partial charge in [-0.2, -0.15) is 19.9 Å². The van der Waals surface area contributed by atoms with Crippen molar-refractivity contribution < 1.29 is 9.59 Å². The van der Waals surface area contributed by atoms with Crippen LogP contribution in [0, 0.1) is 0 Å². The van der Waals surface area contributed by atoms with Gasteiger partial charge in [-0.1, -0.05) is 38.8 Å². The summed E-state index contributed by atoms with van der Waals surface area (Å²) in [5, 5.41) is 16.7. The zero-order valence-corrected chi connectivity index (χ0v) is 41.0. The first-order valence-corrected chi connectivity index (χ1v) is 23.8. The normalized spacial score (nSPS) is 18.1. The second kappa shape index (κ2) is 23.5. The number of fused-ring (bicyclic) bond motifs is 2. The minimum absolute atomic E-state index is 0. The van der Waals surface area contributed by atoms with Crippen LogP contribution < -0.4 is 26.6 Å². The van der Waals surface area contributed by atoms with Gasteiger partial charge in [-0.25, -0.2) is 9.97 Å². The number of nitrogens with one attached hydrogen (secondary N) is 5. The second-order valence-corrected chi connectivity index (χ2v) is 18.9. The molecular weight excluding hydrogens is 867 g/mol. The Bertz CT molecular complexity index is 2670. The Kier molecular flexibility index (Phi) is 17.6. The van der Waals surface area contributed by atoms with E-state index in [4.69, 9.17) is 19.9 Å². The lowest BCUT2D eigenvalue weighted by Gasteiger charge is -2.33. The number of imidazole rings is 2. The van der Waals surface area contributed by atoms with E-state index in [9.17, 15) is 9.59 Å². The van der Waals surface area contributed by atoms with Gasteiger partial charge in [-0.3, -0.25) is 9.59 Å². The SMILES string of the molecule is C.C=CC(=O)Cc1ccc(Nc2nc(NC3CCC(N(C)C)CC3)nc3c2ncn3C(C)C)cc1.C=CC(=O)Nc1cccc(Nc2nc(NC3CCC(N(C)C)CC3)nc3c2ncn3C(C)C)c1. The van der Waals surface area contributed by atoms with E-state index < -0.39 is 0 Å². The lowest BCUT2D eigenvalue weighted by molar-refractivity contribution is -0.114. The highest BCUT2D eigenvalue weighted by Crippen LogP contribution is 2.31. The fourth-order valence-corrected chi connectivity index (χ4v) is 8.85. The van der Waals surface area contributed by atoms with Crippen LogP contribution in [-0.4, -0.2) is 113 Å². The summed E-state index contributed by atoms with van der Waals surface area (Å²) in [7, 11) is 8.62. The van der Waals surface area contributed by atoms with Crippen LogP contribution in [0.2, 0.25) is 0 Å².